The van der Waals surface area contributed by atoms with E-state index in [2.05, 4.69) is 20.6 Å². The lowest BCUT2D eigenvalue weighted by Gasteiger charge is -2.09. The molecule has 7 heteroatoms. The fraction of sp³-hybridized carbons (Fsp3) is 0.100. The Kier molecular flexibility index (Phi) is 5.78. The molecular formula is C20H17ClN4O2. The van der Waals surface area contributed by atoms with Gasteiger partial charge in [-0.3, -0.25) is 19.6 Å². The van der Waals surface area contributed by atoms with Crippen LogP contribution >= 0.6 is 11.6 Å². The molecule has 2 amide bonds. The Morgan fingerprint density at radius 3 is 2.70 bits per heavy atom. The summed E-state index contributed by atoms with van der Waals surface area (Å²) in [5, 5.41) is 6.08. The van der Waals surface area contributed by atoms with Crippen molar-refractivity contribution in [2.75, 3.05) is 5.32 Å². The molecule has 2 heterocycles. The monoisotopic (exact) mass is 380 g/mol. The summed E-state index contributed by atoms with van der Waals surface area (Å²) >= 11 is 5.97. The molecule has 0 radical (unpaired) electrons. The van der Waals surface area contributed by atoms with Gasteiger partial charge in [-0.25, -0.2) is 0 Å². The SMILES string of the molecule is Cc1ccc(Cl)cc1NC(=O)c1cc(C(=O)NCc2cccnc2)ccn1. The quantitative estimate of drug-likeness (QED) is 0.708. The Hall–Kier alpha value is -3.25. The number of anilines is 1. The summed E-state index contributed by atoms with van der Waals surface area (Å²) in [4.78, 5) is 32.9. The molecule has 136 valence electrons. The number of aromatic nitrogens is 2. The van der Waals surface area contributed by atoms with Crippen molar-refractivity contribution in [3.63, 3.8) is 0 Å². The fourth-order valence-electron chi connectivity index (χ4n) is 2.40. The molecule has 0 bridgehead atoms. The molecule has 0 aliphatic heterocycles. The van der Waals surface area contributed by atoms with Crippen molar-refractivity contribution in [1.29, 1.82) is 0 Å². The molecule has 0 unspecified atom stereocenters. The summed E-state index contributed by atoms with van der Waals surface area (Å²) in [6.45, 7) is 2.21. The normalized spacial score (nSPS) is 10.3. The molecule has 27 heavy (non-hydrogen) atoms. The van der Waals surface area contributed by atoms with Crippen LogP contribution in [0.25, 0.3) is 0 Å². The zero-order valence-corrected chi connectivity index (χ0v) is 15.3. The molecule has 1 aromatic carbocycles. The lowest BCUT2D eigenvalue weighted by atomic mass is 10.1. The van der Waals surface area contributed by atoms with Gasteiger partial charge in [-0.15, -0.1) is 0 Å². The Labute approximate surface area is 161 Å². The Balaban J connectivity index is 1.69. The Morgan fingerprint density at radius 1 is 1.07 bits per heavy atom. The number of pyridine rings is 2. The lowest BCUT2D eigenvalue weighted by Crippen LogP contribution is -2.24. The van der Waals surface area contributed by atoms with Crippen LogP contribution in [0.2, 0.25) is 5.02 Å². The molecular weight excluding hydrogens is 364 g/mol. The zero-order valence-electron chi connectivity index (χ0n) is 14.6. The van der Waals surface area contributed by atoms with E-state index in [0.29, 0.717) is 22.8 Å². The van der Waals surface area contributed by atoms with Crippen LogP contribution in [0.5, 0.6) is 0 Å². The van der Waals surface area contributed by atoms with E-state index in [0.717, 1.165) is 11.1 Å². The predicted octanol–water partition coefficient (Wildman–Crippen LogP) is 3.62. The minimum atomic E-state index is -0.415. The first-order chi connectivity index (χ1) is 13.0. The minimum absolute atomic E-state index is 0.142. The van der Waals surface area contributed by atoms with E-state index in [1.807, 2.05) is 19.1 Å². The first-order valence-electron chi connectivity index (χ1n) is 8.23. The number of aryl methyl sites for hydroxylation is 1. The highest BCUT2D eigenvalue weighted by atomic mass is 35.5. The second-order valence-corrected chi connectivity index (χ2v) is 6.32. The van der Waals surface area contributed by atoms with Gasteiger partial charge in [0, 0.05) is 41.4 Å². The molecule has 0 saturated heterocycles. The van der Waals surface area contributed by atoms with Crippen molar-refractivity contribution in [1.82, 2.24) is 15.3 Å². The van der Waals surface area contributed by atoms with Crippen LogP contribution < -0.4 is 10.6 Å². The van der Waals surface area contributed by atoms with Gasteiger partial charge in [0.2, 0.25) is 0 Å². The number of nitrogens with zero attached hydrogens (tertiary/aromatic N) is 2. The molecule has 0 atom stereocenters. The Morgan fingerprint density at radius 2 is 1.93 bits per heavy atom. The van der Waals surface area contributed by atoms with Crippen LogP contribution in [0.3, 0.4) is 0 Å². The summed E-state index contributed by atoms with van der Waals surface area (Å²) in [7, 11) is 0. The fourth-order valence-corrected chi connectivity index (χ4v) is 2.57. The van der Waals surface area contributed by atoms with E-state index in [1.165, 1.54) is 12.3 Å². The summed E-state index contributed by atoms with van der Waals surface area (Å²) < 4.78 is 0. The average Bonchev–Trinajstić information content (AvgIpc) is 2.69. The van der Waals surface area contributed by atoms with Gasteiger partial charge in [0.05, 0.1) is 0 Å². The van der Waals surface area contributed by atoms with Crippen LogP contribution in [0.4, 0.5) is 5.69 Å². The third kappa shape index (κ3) is 4.89. The molecule has 0 aliphatic carbocycles. The van der Waals surface area contributed by atoms with Crippen LogP contribution in [0.15, 0.2) is 61.1 Å². The van der Waals surface area contributed by atoms with Gasteiger partial charge in [-0.1, -0.05) is 23.7 Å². The average molecular weight is 381 g/mol. The minimum Gasteiger partial charge on any atom is -0.348 e. The highest BCUT2D eigenvalue weighted by molar-refractivity contribution is 6.31. The number of halogens is 1. The number of nitrogens with one attached hydrogen (secondary N) is 2. The van der Waals surface area contributed by atoms with Crippen molar-refractivity contribution in [2.24, 2.45) is 0 Å². The predicted molar refractivity (Wildman–Crippen MR) is 104 cm³/mol. The summed E-state index contributed by atoms with van der Waals surface area (Å²) in [5.74, 6) is -0.712. The first-order valence-corrected chi connectivity index (χ1v) is 8.61. The van der Waals surface area contributed by atoms with Crippen molar-refractivity contribution in [3.8, 4) is 0 Å². The molecule has 3 aromatic rings. The summed E-state index contributed by atoms with van der Waals surface area (Å²) in [5.41, 5.74) is 2.85. The van der Waals surface area contributed by atoms with Crippen LogP contribution in [-0.2, 0) is 6.54 Å². The number of hydrogen-bond acceptors (Lipinski definition) is 4. The van der Waals surface area contributed by atoms with Crippen LogP contribution in [0.1, 0.15) is 32.0 Å². The number of carbonyl (C=O) groups excluding carboxylic acids is 2. The van der Waals surface area contributed by atoms with Crippen molar-refractivity contribution < 1.29 is 9.59 Å². The third-order valence-corrected chi connectivity index (χ3v) is 4.11. The van der Waals surface area contributed by atoms with E-state index in [4.69, 9.17) is 11.6 Å². The largest absolute Gasteiger partial charge is 0.348 e. The van der Waals surface area contributed by atoms with Crippen LogP contribution in [-0.4, -0.2) is 21.8 Å². The maximum absolute atomic E-state index is 12.5. The molecule has 0 aliphatic rings. The molecule has 2 N–H and O–H groups in total. The maximum Gasteiger partial charge on any atom is 0.274 e. The van der Waals surface area contributed by atoms with Gasteiger partial charge in [-0.05, 0) is 48.4 Å². The smallest absolute Gasteiger partial charge is 0.274 e. The molecule has 6 nitrogen and oxygen atoms in total. The number of amides is 2. The van der Waals surface area contributed by atoms with Crippen molar-refractivity contribution in [2.45, 2.75) is 13.5 Å². The number of carbonyl (C=O) groups is 2. The van der Waals surface area contributed by atoms with Gasteiger partial charge in [-0.2, -0.15) is 0 Å². The van der Waals surface area contributed by atoms with E-state index >= 15 is 0 Å². The number of benzene rings is 1. The molecule has 0 saturated carbocycles. The second-order valence-electron chi connectivity index (χ2n) is 5.89. The third-order valence-electron chi connectivity index (χ3n) is 3.88. The van der Waals surface area contributed by atoms with Crippen molar-refractivity contribution in [3.05, 3.63) is 88.5 Å². The van der Waals surface area contributed by atoms with Gasteiger partial charge in [0.15, 0.2) is 0 Å². The summed E-state index contributed by atoms with van der Waals surface area (Å²) in [6.07, 6.45) is 4.78. The van der Waals surface area contributed by atoms with E-state index in [1.54, 1.807) is 36.7 Å². The van der Waals surface area contributed by atoms with Gasteiger partial charge >= 0.3 is 0 Å². The van der Waals surface area contributed by atoms with Crippen molar-refractivity contribution >= 4 is 29.1 Å². The first kappa shape index (κ1) is 18.5. The number of hydrogen-bond donors (Lipinski definition) is 2. The van der Waals surface area contributed by atoms with Gasteiger partial charge in [0.25, 0.3) is 11.8 Å². The van der Waals surface area contributed by atoms with Crippen LogP contribution in [0, 0.1) is 6.92 Å². The molecule has 3 rings (SSSR count). The molecule has 0 spiro atoms. The summed E-state index contributed by atoms with van der Waals surface area (Å²) in [6, 6.07) is 11.9. The van der Waals surface area contributed by atoms with E-state index < -0.39 is 5.91 Å². The zero-order chi connectivity index (χ0) is 19.2. The highest BCUT2D eigenvalue weighted by Gasteiger charge is 2.13. The lowest BCUT2D eigenvalue weighted by molar-refractivity contribution is 0.0950. The second kappa shape index (κ2) is 8.42. The van der Waals surface area contributed by atoms with Gasteiger partial charge in [0.1, 0.15) is 5.69 Å². The molecule has 0 fully saturated rings. The Bertz CT molecular complexity index is 977. The molecule has 2 aromatic heterocycles. The highest BCUT2D eigenvalue weighted by Crippen LogP contribution is 2.20. The maximum atomic E-state index is 12.5. The van der Waals surface area contributed by atoms with E-state index in [9.17, 15) is 9.59 Å². The van der Waals surface area contributed by atoms with Gasteiger partial charge < -0.3 is 10.6 Å². The van der Waals surface area contributed by atoms with E-state index in [-0.39, 0.29) is 11.6 Å². The standard InChI is InChI=1S/C20H17ClN4O2/c1-13-4-5-16(21)10-17(13)25-20(27)18-9-15(6-8-23-18)19(26)24-12-14-3-2-7-22-11-14/h2-11H,12H2,1H3,(H,24,26)(H,25,27). The number of rotatable bonds is 5. The topological polar surface area (TPSA) is 84.0 Å².